The molecule has 0 aliphatic rings. The normalized spacial score (nSPS) is 11.9. The molecule has 1 N–H and O–H groups in total. The highest BCUT2D eigenvalue weighted by atomic mass is 15.1. The Balaban J connectivity index is 2.81. The van der Waals surface area contributed by atoms with Gasteiger partial charge >= 0.3 is 0 Å². The van der Waals surface area contributed by atoms with Crippen LogP contribution in [0.3, 0.4) is 0 Å². The number of nitrogens with one attached hydrogen (secondary N) is 1. The fraction of sp³-hybridized carbons (Fsp3) is 0.667. The van der Waals surface area contributed by atoms with E-state index in [0.717, 1.165) is 19.6 Å². The van der Waals surface area contributed by atoms with E-state index < -0.39 is 0 Å². The van der Waals surface area contributed by atoms with Crippen LogP contribution in [0.25, 0.3) is 0 Å². The fourth-order valence-corrected chi connectivity index (χ4v) is 2.63. The molecule has 114 valence electrons. The molecule has 0 spiro atoms. The molecule has 1 aromatic carbocycles. The first-order valence-corrected chi connectivity index (χ1v) is 8.10. The lowest BCUT2D eigenvalue weighted by atomic mass is 9.81. The number of anilines is 1. The maximum atomic E-state index is 3.64. The van der Waals surface area contributed by atoms with Gasteiger partial charge < -0.3 is 10.2 Å². The average Bonchev–Trinajstić information content (AvgIpc) is 2.49. The van der Waals surface area contributed by atoms with Gasteiger partial charge in [0.15, 0.2) is 0 Å². The molecule has 2 nitrogen and oxygen atoms in total. The third-order valence-corrected chi connectivity index (χ3v) is 4.41. The zero-order valence-electron chi connectivity index (χ0n) is 13.9. The molecule has 0 amide bonds. The predicted molar refractivity (Wildman–Crippen MR) is 90.5 cm³/mol. The maximum Gasteiger partial charge on any atom is 0.0366 e. The molecule has 0 saturated heterocycles. The monoisotopic (exact) mass is 276 g/mol. The molecule has 1 aromatic rings. The number of nitrogens with zero attached hydrogens (tertiary/aromatic N) is 1. The van der Waals surface area contributed by atoms with Gasteiger partial charge in [0.1, 0.15) is 0 Å². The number of hydrogen-bond acceptors (Lipinski definition) is 2. The van der Waals surface area contributed by atoms with E-state index in [1.807, 2.05) is 0 Å². The molecule has 0 aliphatic carbocycles. The topological polar surface area (TPSA) is 15.3 Å². The summed E-state index contributed by atoms with van der Waals surface area (Å²) in [5.41, 5.74) is 1.70. The summed E-state index contributed by atoms with van der Waals surface area (Å²) in [5, 5.41) is 3.64. The number of para-hydroxylation sites is 1. The summed E-state index contributed by atoms with van der Waals surface area (Å²) >= 11 is 0. The van der Waals surface area contributed by atoms with Crippen molar-refractivity contribution >= 4 is 5.69 Å². The van der Waals surface area contributed by atoms with Crippen molar-refractivity contribution in [1.82, 2.24) is 5.32 Å². The van der Waals surface area contributed by atoms with Crippen molar-refractivity contribution in [3.8, 4) is 0 Å². The minimum atomic E-state index is 0.357. The second-order valence-corrected chi connectivity index (χ2v) is 6.09. The van der Waals surface area contributed by atoms with Crippen LogP contribution < -0.4 is 10.2 Å². The third-order valence-electron chi connectivity index (χ3n) is 4.41. The molecule has 0 radical (unpaired) electrons. The van der Waals surface area contributed by atoms with Crippen LogP contribution in [-0.4, -0.2) is 25.7 Å². The Bertz CT molecular complexity index is 355. The molecule has 0 heterocycles. The van der Waals surface area contributed by atoms with Crippen molar-refractivity contribution in [3.63, 3.8) is 0 Å². The Morgan fingerprint density at radius 2 is 1.65 bits per heavy atom. The molecule has 20 heavy (non-hydrogen) atoms. The molecule has 0 saturated carbocycles. The van der Waals surface area contributed by atoms with Crippen LogP contribution in [0.15, 0.2) is 30.3 Å². The Morgan fingerprint density at radius 3 is 2.10 bits per heavy atom. The smallest absolute Gasteiger partial charge is 0.0366 e. The summed E-state index contributed by atoms with van der Waals surface area (Å²) < 4.78 is 0. The zero-order valence-corrected chi connectivity index (χ0v) is 13.9. The van der Waals surface area contributed by atoms with Crippen molar-refractivity contribution in [2.24, 2.45) is 5.41 Å². The first-order chi connectivity index (χ1) is 9.56. The van der Waals surface area contributed by atoms with Gasteiger partial charge in [0.2, 0.25) is 0 Å². The largest absolute Gasteiger partial charge is 0.371 e. The Morgan fingerprint density at radius 1 is 1.05 bits per heavy atom. The van der Waals surface area contributed by atoms with Crippen molar-refractivity contribution in [1.29, 1.82) is 0 Å². The van der Waals surface area contributed by atoms with Gasteiger partial charge in [-0.2, -0.15) is 0 Å². The summed E-state index contributed by atoms with van der Waals surface area (Å²) in [4.78, 5) is 2.51. The van der Waals surface area contributed by atoms with E-state index in [2.05, 4.69) is 75.2 Å². The summed E-state index contributed by atoms with van der Waals surface area (Å²) in [6, 6.07) is 11.3. The fourth-order valence-electron chi connectivity index (χ4n) is 2.63. The SMILES string of the molecule is CCN(CC(CC)(CC)CNC(C)C)c1ccccc1. The van der Waals surface area contributed by atoms with Gasteiger partial charge in [0.25, 0.3) is 0 Å². The van der Waals surface area contributed by atoms with Crippen LogP contribution in [-0.2, 0) is 0 Å². The van der Waals surface area contributed by atoms with E-state index in [9.17, 15) is 0 Å². The minimum absolute atomic E-state index is 0.357. The summed E-state index contributed by atoms with van der Waals surface area (Å²) in [6.07, 6.45) is 2.43. The van der Waals surface area contributed by atoms with Crippen LogP contribution in [0.1, 0.15) is 47.5 Å². The van der Waals surface area contributed by atoms with E-state index in [-0.39, 0.29) is 0 Å². The Labute approximate surface area is 125 Å². The van der Waals surface area contributed by atoms with Gasteiger partial charge in [-0.3, -0.25) is 0 Å². The third kappa shape index (κ3) is 4.82. The molecule has 0 aliphatic heterocycles. The quantitative estimate of drug-likeness (QED) is 0.722. The lowest BCUT2D eigenvalue weighted by Crippen LogP contribution is -2.45. The molecular formula is C18H32N2. The molecule has 0 unspecified atom stereocenters. The first-order valence-electron chi connectivity index (χ1n) is 8.10. The van der Waals surface area contributed by atoms with E-state index in [4.69, 9.17) is 0 Å². The van der Waals surface area contributed by atoms with Crippen LogP contribution in [0.2, 0.25) is 0 Å². The van der Waals surface area contributed by atoms with Gasteiger partial charge in [-0.05, 0) is 37.3 Å². The van der Waals surface area contributed by atoms with E-state index in [1.54, 1.807) is 0 Å². The lowest BCUT2D eigenvalue weighted by Gasteiger charge is -2.39. The molecule has 0 aromatic heterocycles. The molecule has 0 atom stereocenters. The summed E-state index contributed by atoms with van der Waals surface area (Å²) in [6.45, 7) is 14.6. The number of rotatable bonds is 9. The molecule has 1 rings (SSSR count). The molecule has 2 heteroatoms. The first kappa shape index (κ1) is 17.0. The van der Waals surface area contributed by atoms with E-state index >= 15 is 0 Å². The zero-order chi connectivity index (χ0) is 15.0. The maximum absolute atomic E-state index is 3.64. The Hall–Kier alpha value is -1.02. The summed E-state index contributed by atoms with van der Waals surface area (Å²) in [5.74, 6) is 0. The molecule has 0 fully saturated rings. The van der Waals surface area contributed by atoms with Gasteiger partial charge in [-0.1, -0.05) is 45.9 Å². The second kappa shape index (κ2) is 8.31. The van der Waals surface area contributed by atoms with Crippen molar-refractivity contribution in [2.75, 3.05) is 24.5 Å². The van der Waals surface area contributed by atoms with Crippen LogP contribution >= 0.6 is 0 Å². The van der Waals surface area contributed by atoms with Gasteiger partial charge in [0.05, 0.1) is 0 Å². The standard InChI is InChI=1S/C18H32N2/c1-6-18(7-2,14-19-16(4)5)15-20(8-3)17-12-10-9-11-13-17/h9-13,16,19H,6-8,14-15H2,1-5H3. The van der Waals surface area contributed by atoms with Crippen LogP contribution in [0.5, 0.6) is 0 Å². The van der Waals surface area contributed by atoms with E-state index in [1.165, 1.54) is 18.5 Å². The van der Waals surface area contributed by atoms with Gasteiger partial charge in [-0.15, -0.1) is 0 Å². The van der Waals surface area contributed by atoms with Crippen molar-refractivity contribution in [2.45, 2.75) is 53.5 Å². The van der Waals surface area contributed by atoms with Gasteiger partial charge in [0, 0.05) is 31.4 Å². The Kier molecular flexibility index (Phi) is 7.08. The highest BCUT2D eigenvalue weighted by molar-refractivity contribution is 5.46. The van der Waals surface area contributed by atoms with Crippen molar-refractivity contribution in [3.05, 3.63) is 30.3 Å². The van der Waals surface area contributed by atoms with Gasteiger partial charge in [-0.25, -0.2) is 0 Å². The number of hydrogen-bond donors (Lipinski definition) is 1. The highest BCUT2D eigenvalue weighted by Crippen LogP contribution is 2.29. The lowest BCUT2D eigenvalue weighted by molar-refractivity contribution is 0.246. The summed E-state index contributed by atoms with van der Waals surface area (Å²) in [7, 11) is 0. The van der Waals surface area contributed by atoms with Crippen LogP contribution in [0.4, 0.5) is 5.69 Å². The molecule has 0 bridgehead atoms. The molecular weight excluding hydrogens is 244 g/mol. The van der Waals surface area contributed by atoms with Crippen LogP contribution in [0, 0.1) is 5.41 Å². The second-order valence-electron chi connectivity index (χ2n) is 6.09. The van der Waals surface area contributed by atoms with E-state index in [0.29, 0.717) is 11.5 Å². The predicted octanol–water partition coefficient (Wildman–Crippen LogP) is 4.32. The number of benzene rings is 1. The highest BCUT2D eigenvalue weighted by Gasteiger charge is 2.28. The minimum Gasteiger partial charge on any atom is -0.371 e. The average molecular weight is 276 g/mol. The van der Waals surface area contributed by atoms with Crippen molar-refractivity contribution < 1.29 is 0 Å².